The maximum atomic E-state index is 12.0. The van der Waals surface area contributed by atoms with Gasteiger partial charge in [0.25, 0.3) is 0 Å². The first-order valence-electron chi connectivity index (χ1n) is 9.57. The summed E-state index contributed by atoms with van der Waals surface area (Å²) in [5, 5.41) is 0. The molecule has 1 atom stereocenters. The standard InChI is InChI=1S/C19H25NO4.C3H8/c1-14(10-11-17(21)24-19(2,3)4)20-16(13-23-18(20)22)12-15-8-6-5-7-9-15;1-3-2/h5-9,16H,1,10-13H2,2-4H3;3H2,1-2H3/t16-;/m0./s1. The topological polar surface area (TPSA) is 55.8 Å². The van der Waals surface area contributed by atoms with Gasteiger partial charge in [-0.15, -0.1) is 0 Å². The van der Waals surface area contributed by atoms with E-state index in [2.05, 4.69) is 20.4 Å². The minimum Gasteiger partial charge on any atom is -0.460 e. The van der Waals surface area contributed by atoms with Crippen LogP contribution in [0.5, 0.6) is 0 Å². The minimum atomic E-state index is -0.513. The van der Waals surface area contributed by atoms with Crippen LogP contribution in [0.15, 0.2) is 42.6 Å². The Morgan fingerprint density at radius 3 is 2.37 bits per heavy atom. The van der Waals surface area contributed by atoms with Crippen molar-refractivity contribution in [1.29, 1.82) is 0 Å². The lowest BCUT2D eigenvalue weighted by molar-refractivity contribution is -0.154. The Kier molecular flexibility index (Phi) is 9.06. The van der Waals surface area contributed by atoms with Crippen LogP contribution in [0.1, 0.15) is 59.4 Å². The van der Waals surface area contributed by atoms with Gasteiger partial charge in [0.05, 0.1) is 12.5 Å². The summed E-state index contributed by atoms with van der Waals surface area (Å²) in [6, 6.07) is 9.83. The van der Waals surface area contributed by atoms with Crippen LogP contribution in [0.4, 0.5) is 4.79 Å². The summed E-state index contributed by atoms with van der Waals surface area (Å²) >= 11 is 0. The third-order valence-corrected chi connectivity index (χ3v) is 3.65. The molecule has 0 unspecified atom stereocenters. The molecule has 2 rings (SSSR count). The molecule has 0 spiro atoms. The van der Waals surface area contributed by atoms with Crippen molar-refractivity contribution in [3.63, 3.8) is 0 Å². The highest BCUT2D eigenvalue weighted by atomic mass is 16.6. The molecule has 1 saturated heterocycles. The summed E-state index contributed by atoms with van der Waals surface area (Å²) in [6.07, 6.45) is 2.11. The monoisotopic (exact) mass is 375 g/mol. The molecule has 1 amide bonds. The number of hydrogen-bond donors (Lipinski definition) is 0. The third kappa shape index (κ3) is 8.29. The minimum absolute atomic E-state index is 0.0916. The van der Waals surface area contributed by atoms with Crippen LogP contribution in [-0.2, 0) is 20.7 Å². The van der Waals surface area contributed by atoms with Gasteiger partial charge in [0, 0.05) is 5.70 Å². The van der Waals surface area contributed by atoms with E-state index in [9.17, 15) is 9.59 Å². The highest BCUT2D eigenvalue weighted by Gasteiger charge is 2.34. The molecule has 5 heteroatoms. The molecular weight excluding hydrogens is 342 g/mol. The van der Waals surface area contributed by atoms with E-state index in [0.717, 1.165) is 5.56 Å². The van der Waals surface area contributed by atoms with Crippen molar-refractivity contribution in [2.24, 2.45) is 0 Å². The molecular formula is C22H33NO4. The number of carbonyl (C=O) groups is 2. The number of allylic oxidation sites excluding steroid dienone is 1. The van der Waals surface area contributed by atoms with Crippen LogP contribution in [0.3, 0.4) is 0 Å². The van der Waals surface area contributed by atoms with E-state index in [1.54, 1.807) is 4.90 Å². The smallest absolute Gasteiger partial charge is 0.414 e. The van der Waals surface area contributed by atoms with E-state index in [0.29, 0.717) is 25.1 Å². The second kappa shape index (κ2) is 10.8. The predicted molar refractivity (Wildman–Crippen MR) is 107 cm³/mol. The summed E-state index contributed by atoms with van der Waals surface area (Å²) in [6.45, 7) is 14.0. The van der Waals surface area contributed by atoms with Crippen LogP contribution >= 0.6 is 0 Å². The fourth-order valence-electron chi connectivity index (χ4n) is 2.64. The Morgan fingerprint density at radius 1 is 1.22 bits per heavy atom. The molecule has 0 aromatic heterocycles. The second-order valence-electron chi connectivity index (χ2n) is 7.65. The third-order valence-electron chi connectivity index (χ3n) is 3.65. The molecule has 0 bridgehead atoms. The average Bonchev–Trinajstić information content (AvgIpc) is 2.93. The fourth-order valence-corrected chi connectivity index (χ4v) is 2.64. The Morgan fingerprint density at radius 2 is 1.81 bits per heavy atom. The van der Waals surface area contributed by atoms with Crippen molar-refractivity contribution < 1.29 is 19.1 Å². The lowest BCUT2D eigenvalue weighted by Crippen LogP contribution is -2.34. The number of esters is 1. The van der Waals surface area contributed by atoms with Crippen LogP contribution in [0.25, 0.3) is 0 Å². The molecule has 1 aromatic carbocycles. The van der Waals surface area contributed by atoms with Gasteiger partial charge in [-0.1, -0.05) is 57.2 Å². The van der Waals surface area contributed by atoms with E-state index in [1.807, 2.05) is 51.1 Å². The number of ether oxygens (including phenoxy) is 2. The van der Waals surface area contributed by atoms with Crippen LogP contribution in [-0.4, -0.2) is 35.2 Å². The maximum Gasteiger partial charge on any atom is 0.414 e. The van der Waals surface area contributed by atoms with Gasteiger partial charge in [0.2, 0.25) is 0 Å². The van der Waals surface area contributed by atoms with Gasteiger partial charge in [-0.3, -0.25) is 9.69 Å². The Hall–Kier alpha value is -2.30. The second-order valence-corrected chi connectivity index (χ2v) is 7.65. The zero-order valence-electron chi connectivity index (χ0n) is 17.3. The van der Waals surface area contributed by atoms with Crippen molar-refractivity contribution in [3.8, 4) is 0 Å². The molecule has 1 heterocycles. The normalized spacial score (nSPS) is 16.3. The van der Waals surface area contributed by atoms with E-state index < -0.39 is 11.7 Å². The lowest BCUT2D eigenvalue weighted by Gasteiger charge is -2.24. The molecule has 5 nitrogen and oxygen atoms in total. The highest BCUT2D eigenvalue weighted by molar-refractivity contribution is 5.73. The number of cyclic esters (lactones) is 1. The largest absolute Gasteiger partial charge is 0.460 e. The zero-order valence-corrected chi connectivity index (χ0v) is 17.3. The van der Waals surface area contributed by atoms with E-state index in [1.165, 1.54) is 6.42 Å². The number of hydrogen-bond acceptors (Lipinski definition) is 4. The molecule has 0 aliphatic carbocycles. The first kappa shape index (κ1) is 22.7. The van der Waals surface area contributed by atoms with E-state index in [-0.39, 0.29) is 18.4 Å². The molecule has 27 heavy (non-hydrogen) atoms. The Balaban J connectivity index is 0.00000114. The summed E-state index contributed by atoms with van der Waals surface area (Å²) in [7, 11) is 0. The number of rotatable bonds is 6. The van der Waals surface area contributed by atoms with Crippen LogP contribution < -0.4 is 0 Å². The van der Waals surface area contributed by atoms with Crippen molar-refractivity contribution in [1.82, 2.24) is 4.90 Å². The predicted octanol–water partition coefficient (Wildman–Crippen LogP) is 5.10. The van der Waals surface area contributed by atoms with E-state index >= 15 is 0 Å². The van der Waals surface area contributed by atoms with Gasteiger partial charge in [0.15, 0.2) is 0 Å². The Bertz CT molecular complexity index is 619. The van der Waals surface area contributed by atoms with Crippen molar-refractivity contribution >= 4 is 12.1 Å². The molecule has 1 aliphatic heterocycles. The summed E-state index contributed by atoms with van der Waals surface area (Å²) < 4.78 is 10.5. The number of benzene rings is 1. The molecule has 1 fully saturated rings. The van der Waals surface area contributed by atoms with Gasteiger partial charge >= 0.3 is 12.1 Å². The first-order chi connectivity index (χ1) is 12.7. The van der Waals surface area contributed by atoms with Gasteiger partial charge in [-0.25, -0.2) is 4.79 Å². The zero-order chi connectivity index (χ0) is 20.4. The first-order valence-corrected chi connectivity index (χ1v) is 9.57. The SMILES string of the molecule is C=C(CCC(=O)OC(C)(C)C)N1C(=O)OC[C@@H]1Cc1ccccc1.CCC. The summed E-state index contributed by atoms with van der Waals surface area (Å²) in [4.78, 5) is 25.4. The van der Waals surface area contributed by atoms with Crippen LogP contribution in [0.2, 0.25) is 0 Å². The number of carbonyl (C=O) groups excluding carboxylic acids is 2. The van der Waals surface area contributed by atoms with Crippen molar-refractivity contribution in [2.45, 2.75) is 71.9 Å². The summed E-state index contributed by atoms with van der Waals surface area (Å²) in [5.74, 6) is -0.296. The fraction of sp³-hybridized carbons (Fsp3) is 0.545. The molecule has 150 valence electrons. The molecule has 0 radical (unpaired) electrons. The summed E-state index contributed by atoms with van der Waals surface area (Å²) in [5.41, 5.74) is 1.20. The van der Waals surface area contributed by atoms with Crippen molar-refractivity contribution in [2.75, 3.05) is 6.61 Å². The van der Waals surface area contributed by atoms with Crippen LogP contribution in [0, 0.1) is 0 Å². The van der Waals surface area contributed by atoms with Gasteiger partial charge in [-0.2, -0.15) is 0 Å². The maximum absolute atomic E-state index is 12.0. The highest BCUT2D eigenvalue weighted by Crippen LogP contribution is 2.24. The quantitative estimate of drug-likeness (QED) is 0.649. The lowest BCUT2D eigenvalue weighted by atomic mass is 10.0. The number of nitrogens with zero attached hydrogens (tertiary/aromatic N) is 1. The molecule has 0 saturated carbocycles. The van der Waals surface area contributed by atoms with Gasteiger partial charge in [0.1, 0.15) is 12.2 Å². The van der Waals surface area contributed by atoms with Crippen molar-refractivity contribution in [3.05, 3.63) is 48.2 Å². The molecule has 1 aromatic rings. The van der Waals surface area contributed by atoms with Gasteiger partial charge < -0.3 is 9.47 Å². The van der Waals surface area contributed by atoms with E-state index in [4.69, 9.17) is 9.47 Å². The number of amides is 1. The molecule has 0 N–H and O–H groups in total. The molecule has 1 aliphatic rings. The van der Waals surface area contributed by atoms with Gasteiger partial charge in [-0.05, 0) is 39.2 Å². The Labute approximate surface area is 163 Å². The average molecular weight is 376 g/mol.